The van der Waals surface area contributed by atoms with Gasteiger partial charge in [-0.25, -0.2) is 8.42 Å². The summed E-state index contributed by atoms with van der Waals surface area (Å²) in [5, 5.41) is 2.92. The Balaban J connectivity index is 1.78. The first-order chi connectivity index (χ1) is 14.9. The van der Waals surface area contributed by atoms with E-state index in [1.54, 1.807) is 42.1 Å². The molecule has 31 heavy (non-hydrogen) atoms. The van der Waals surface area contributed by atoms with Crippen LogP contribution >= 0.6 is 11.8 Å². The smallest absolute Gasteiger partial charge is 0.243 e. The van der Waals surface area contributed by atoms with Gasteiger partial charge in [-0.05, 0) is 48.6 Å². The van der Waals surface area contributed by atoms with Crippen molar-refractivity contribution in [3.8, 4) is 0 Å². The predicted molar refractivity (Wildman–Crippen MR) is 125 cm³/mol. The van der Waals surface area contributed by atoms with E-state index < -0.39 is 10.0 Å². The summed E-state index contributed by atoms with van der Waals surface area (Å²) >= 11 is 1.65. The molecular formula is C24H26N2O3S2. The van der Waals surface area contributed by atoms with Crippen molar-refractivity contribution in [3.05, 3.63) is 96.1 Å². The molecule has 3 rings (SSSR count). The Morgan fingerprint density at radius 1 is 0.935 bits per heavy atom. The Morgan fingerprint density at radius 2 is 1.52 bits per heavy atom. The molecule has 3 aromatic carbocycles. The highest BCUT2D eigenvalue weighted by Crippen LogP contribution is 2.20. The SMILES string of the molecule is CSc1ccc([C@@H](C)NC(=O)CN(Cc2ccccc2)S(=O)(=O)c2ccccc2)cc1. The van der Waals surface area contributed by atoms with Crippen molar-refractivity contribution in [2.24, 2.45) is 0 Å². The van der Waals surface area contributed by atoms with Crippen LogP contribution in [0.15, 0.2) is 94.7 Å². The number of carbonyl (C=O) groups excluding carboxylic acids is 1. The predicted octanol–water partition coefficient (Wildman–Crippen LogP) is 4.48. The lowest BCUT2D eigenvalue weighted by Crippen LogP contribution is -2.41. The summed E-state index contributed by atoms with van der Waals surface area (Å²) < 4.78 is 27.7. The van der Waals surface area contributed by atoms with Gasteiger partial charge >= 0.3 is 0 Å². The lowest BCUT2D eigenvalue weighted by Gasteiger charge is -2.23. The first-order valence-electron chi connectivity index (χ1n) is 9.92. The fourth-order valence-corrected chi connectivity index (χ4v) is 4.99. The van der Waals surface area contributed by atoms with Crippen LogP contribution in [0, 0.1) is 0 Å². The van der Waals surface area contributed by atoms with Crippen molar-refractivity contribution >= 4 is 27.7 Å². The number of hydrogen-bond donors (Lipinski definition) is 1. The lowest BCUT2D eigenvalue weighted by molar-refractivity contribution is -0.122. The van der Waals surface area contributed by atoms with E-state index in [1.807, 2.05) is 67.8 Å². The lowest BCUT2D eigenvalue weighted by atomic mass is 10.1. The molecular weight excluding hydrogens is 428 g/mol. The maximum absolute atomic E-state index is 13.2. The van der Waals surface area contributed by atoms with Gasteiger partial charge in [0.1, 0.15) is 0 Å². The molecule has 0 bridgehead atoms. The van der Waals surface area contributed by atoms with E-state index in [0.29, 0.717) is 0 Å². The normalized spacial score (nSPS) is 12.5. The van der Waals surface area contributed by atoms with Gasteiger partial charge in [0.2, 0.25) is 15.9 Å². The summed E-state index contributed by atoms with van der Waals surface area (Å²) in [6.45, 7) is 1.74. The third kappa shape index (κ3) is 6.19. The van der Waals surface area contributed by atoms with Gasteiger partial charge < -0.3 is 5.32 Å². The van der Waals surface area contributed by atoms with Crippen molar-refractivity contribution in [2.45, 2.75) is 29.3 Å². The zero-order valence-corrected chi connectivity index (χ0v) is 19.2. The van der Waals surface area contributed by atoms with Crippen molar-refractivity contribution in [2.75, 3.05) is 12.8 Å². The minimum absolute atomic E-state index is 0.113. The van der Waals surface area contributed by atoms with E-state index in [1.165, 1.54) is 4.31 Å². The Morgan fingerprint density at radius 3 is 2.10 bits per heavy atom. The molecule has 0 aliphatic carbocycles. The molecule has 0 spiro atoms. The van der Waals surface area contributed by atoms with Gasteiger partial charge in [0, 0.05) is 11.4 Å². The number of rotatable bonds is 9. The van der Waals surface area contributed by atoms with Crippen LogP contribution in [0.25, 0.3) is 0 Å². The summed E-state index contributed by atoms with van der Waals surface area (Å²) in [6.07, 6.45) is 2.01. The molecule has 1 N–H and O–H groups in total. The van der Waals surface area contributed by atoms with E-state index in [-0.39, 0.29) is 29.9 Å². The summed E-state index contributed by atoms with van der Waals surface area (Å²) in [7, 11) is -3.83. The molecule has 0 heterocycles. The van der Waals surface area contributed by atoms with Crippen LogP contribution in [0.1, 0.15) is 24.1 Å². The highest BCUT2D eigenvalue weighted by atomic mass is 32.2. The number of hydrogen-bond acceptors (Lipinski definition) is 4. The highest BCUT2D eigenvalue weighted by molar-refractivity contribution is 7.98. The van der Waals surface area contributed by atoms with Crippen molar-refractivity contribution in [3.63, 3.8) is 0 Å². The molecule has 5 nitrogen and oxygen atoms in total. The minimum Gasteiger partial charge on any atom is -0.348 e. The van der Waals surface area contributed by atoms with Crippen LogP contribution < -0.4 is 5.32 Å². The number of amides is 1. The van der Waals surface area contributed by atoms with Crippen molar-refractivity contribution < 1.29 is 13.2 Å². The van der Waals surface area contributed by atoms with E-state index >= 15 is 0 Å². The Kier molecular flexibility index (Phi) is 7.90. The quantitative estimate of drug-likeness (QED) is 0.484. The van der Waals surface area contributed by atoms with Gasteiger partial charge in [0.15, 0.2) is 0 Å². The maximum atomic E-state index is 13.2. The van der Waals surface area contributed by atoms with Crippen LogP contribution in [0.2, 0.25) is 0 Å². The van der Waals surface area contributed by atoms with Gasteiger partial charge in [-0.1, -0.05) is 60.7 Å². The summed E-state index contributed by atoms with van der Waals surface area (Å²) in [5.41, 5.74) is 1.78. The molecule has 7 heteroatoms. The van der Waals surface area contributed by atoms with Crippen LogP contribution in [0.3, 0.4) is 0 Å². The van der Waals surface area contributed by atoms with Gasteiger partial charge in [0.05, 0.1) is 17.5 Å². The van der Waals surface area contributed by atoms with E-state index in [4.69, 9.17) is 0 Å². The molecule has 162 valence electrons. The van der Waals surface area contributed by atoms with E-state index in [9.17, 15) is 13.2 Å². The van der Waals surface area contributed by atoms with Crippen LogP contribution in [0.5, 0.6) is 0 Å². The van der Waals surface area contributed by atoms with Crippen LogP contribution in [0.4, 0.5) is 0 Å². The van der Waals surface area contributed by atoms with Crippen molar-refractivity contribution in [1.82, 2.24) is 9.62 Å². The topological polar surface area (TPSA) is 66.5 Å². The fourth-order valence-electron chi connectivity index (χ4n) is 3.18. The zero-order valence-electron chi connectivity index (χ0n) is 17.6. The van der Waals surface area contributed by atoms with Gasteiger partial charge in [-0.3, -0.25) is 4.79 Å². The maximum Gasteiger partial charge on any atom is 0.243 e. The molecule has 3 aromatic rings. The molecule has 0 aliphatic rings. The Labute approximate surface area is 188 Å². The minimum atomic E-state index is -3.83. The van der Waals surface area contributed by atoms with Crippen LogP contribution in [-0.2, 0) is 21.4 Å². The monoisotopic (exact) mass is 454 g/mol. The second-order valence-electron chi connectivity index (χ2n) is 7.13. The van der Waals surface area contributed by atoms with Gasteiger partial charge in [-0.15, -0.1) is 11.8 Å². The average Bonchev–Trinajstić information content (AvgIpc) is 2.80. The number of sulfonamides is 1. The summed E-state index contributed by atoms with van der Waals surface area (Å²) in [5.74, 6) is -0.350. The first kappa shape index (κ1) is 23.1. The number of carbonyl (C=O) groups is 1. The Hall–Kier alpha value is -2.61. The molecule has 0 radical (unpaired) electrons. The molecule has 1 atom stereocenters. The number of nitrogens with one attached hydrogen (secondary N) is 1. The highest BCUT2D eigenvalue weighted by Gasteiger charge is 2.27. The average molecular weight is 455 g/mol. The summed E-state index contributed by atoms with van der Waals surface area (Å²) in [4.78, 5) is 14.1. The first-order valence-corrected chi connectivity index (χ1v) is 12.6. The largest absolute Gasteiger partial charge is 0.348 e. The third-order valence-corrected chi connectivity index (χ3v) is 7.45. The van der Waals surface area contributed by atoms with Gasteiger partial charge in [0.25, 0.3) is 0 Å². The second-order valence-corrected chi connectivity index (χ2v) is 9.95. The van der Waals surface area contributed by atoms with Crippen LogP contribution in [-0.4, -0.2) is 31.4 Å². The number of benzene rings is 3. The fraction of sp³-hybridized carbons (Fsp3) is 0.208. The molecule has 0 aliphatic heterocycles. The number of thioether (sulfide) groups is 1. The van der Waals surface area contributed by atoms with E-state index in [2.05, 4.69) is 5.32 Å². The van der Waals surface area contributed by atoms with Crippen molar-refractivity contribution in [1.29, 1.82) is 0 Å². The molecule has 0 fully saturated rings. The second kappa shape index (κ2) is 10.6. The molecule has 0 unspecified atom stereocenters. The standard InChI is InChI=1S/C24H26N2O3S2/c1-19(21-13-15-22(30-2)16-14-21)25-24(27)18-26(17-20-9-5-3-6-10-20)31(28,29)23-11-7-4-8-12-23/h3-16,19H,17-18H2,1-2H3,(H,25,27)/t19-/m1/s1. The Bertz CT molecular complexity index is 1090. The summed E-state index contributed by atoms with van der Waals surface area (Å²) in [6, 6.07) is 25.2. The zero-order chi connectivity index (χ0) is 22.3. The number of nitrogens with zero attached hydrogens (tertiary/aromatic N) is 1. The van der Waals surface area contributed by atoms with Gasteiger partial charge in [-0.2, -0.15) is 4.31 Å². The molecule has 0 saturated carbocycles. The third-order valence-electron chi connectivity index (χ3n) is 4.90. The van der Waals surface area contributed by atoms with E-state index in [0.717, 1.165) is 16.0 Å². The molecule has 0 aromatic heterocycles. The molecule has 1 amide bonds. The molecule has 0 saturated heterocycles.